The van der Waals surface area contributed by atoms with Crippen LogP contribution in [0.3, 0.4) is 0 Å². The first-order chi connectivity index (χ1) is 8.70. The lowest BCUT2D eigenvalue weighted by Gasteiger charge is -2.17. The third-order valence-corrected chi connectivity index (χ3v) is 2.85. The maximum atomic E-state index is 12.9. The van der Waals surface area contributed by atoms with Crippen LogP contribution in [-0.2, 0) is 0 Å². The lowest BCUT2D eigenvalue weighted by atomic mass is 10.1. The van der Waals surface area contributed by atoms with Crippen molar-refractivity contribution in [3.63, 3.8) is 0 Å². The van der Waals surface area contributed by atoms with Gasteiger partial charge >= 0.3 is 0 Å². The molecule has 0 bridgehead atoms. The Hall–Kier alpha value is -2.03. The molecule has 0 amide bonds. The number of rotatable bonds is 4. The SMILES string of the molecule is COc1ccccc1N[C@@H](C)c1ccc(F)cc1. The van der Waals surface area contributed by atoms with Gasteiger partial charge in [-0.05, 0) is 36.8 Å². The molecule has 2 aromatic carbocycles. The first-order valence-corrected chi connectivity index (χ1v) is 5.85. The summed E-state index contributed by atoms with van der Waals surface area (Å²) >= 11 is 0. The lowest BCUT2D eigenvalue weighted by Crippen LogP contribution is -2.07. The molecule has 2 rings (SSSR count). The maximum absolute atomic E-state index is 12.9. The molecule has 2 aromatic rings. The molecule has 0 saturated carbocycles. The molecule has 94 valence electrons. The van der Waals surface area contributed by atoms with Crippen molar-refractivity contribution in [3.8, 4) is 5.75 Å². The maximum Gasteiger partial charge on any atom is 0.141 e. The van der Waals surface area contributed by atoms with Gasteiger partial charge in [-0.3, -0.25) is 0 Å². The second-order valence-electron chi connectivity index (χ2n) is 4.12. The van der Waals surface area contributed by atoms with Crippen molar-refractivity contribution in [1.29, 1.82) is 0 Å². The van der Waals surface area contributed by atoms with Gasteiger partial charge in [0, 0.05) is 6.04 Å². The summed E-state index contributed by atoms with van der Waals surface area (Å²) in [5.74, 6) is 0.578. The fourth-order valence-electron chi connectivity index (χ4n) is 1.83. The van der Waals surface area contributed by atoms with Gasteiger partial charge in [-0.25, -0.2) is 4.39 Å². The Labute approximate surface area is 106 Å². The van der Waals surface area contributed by atoms with E-state index in [9.17, 15) is 4.39 Å². The third kappa shape index (κ3) is 2.80. The Morgan fingerprint density at radius 3 is 2.39 bits per heavy atom. The topological polar surface area (TPSA) is 21.3 Å². The van der Waals surface area contributed by atoms with Crippen LogP contribution in [0.25, 0.3) is 0 Å². The molecule has 1 atom stereocenters. The number of para-hydroxylation sites is 2. The van der Waals surface area contributed by atoms with Gasteiger partial charge in [0.2, 0.25) is 0 Å². The van der Waals surface area contributed by atoms with Crippen molar-refractivity contribution < 1.29 is 9.13 Å². The quantitative estimate of drug-likeness (QED) is 0.878. The summed E-state index contributed by atoms with van der Waals surface area (Å²) in [5.41, 5.74) is 1.96. The number of halogens is 1. The predicted molar refractivity (Wildman–Crippen MR) is 71.4 cm³/mol. The average Bonchev–Trinajstić information content (AvgIpc) is 2.40. The van der Waals surface area contributed by atoms with E-state index >= 15 is 0 Å². The van der Waals surface area contributed by atoms with Crippen LogP contribution in [0.1, 0.15) is 18.5 Å². The Balaban J connectivity index is 2.15. The highest BCUT2D eigenvalue weighted by molar-refractivity contribution is 5.57. The van der Waals surface area contributed by atoms with Gasteiger partial charge in [0.1, 0.15) is 11.6 Å². The average molecular weight is 245 g/mol. The third-order valence-electron chi connectivity index (χ3n) is 2.85. The number of nitrogens with one attached hydrogen (secondary N) is 1. The van der Waals surface area contributed by atoms with Crippen molar-refractivity contribution in [2.75, 3.05) is 12.4 Å². The monoisotopic (exact) mass is 245 g/mol. The highest BCUT2D eigenvalue weighted by atomic mass is 19.1. The van der Waals surface area contributed by atoms with Crippen molar-refractivity contribution in [2.24, 2.45) is 0 Å². The van der Waals surface area contributed by atoms with E-state index in [1.807, 2.05) is 31.2 Å². The van der Waals surface area contributed by atoms with Crippen molar-refractivity contribution in [2.45, 2.75) is 13.0 Å². The Morgan fingerprint density at radius 1 is 1.06 bits per heavy atom. The lowest BCUT2D eigenvalue weighted by molar-refractivity contribution is 0.416. The molecule has 0 unspecified atom stereocenters. The molecule has 0 fully saturated rings. The summed E-state index contributed by atoms with van der Waals surface area (Å²) in [6, 6.07) is 14.3. The Bertz CT molecular complexity index is 510. The van der Waals surface area contributed by atoms with E-state index in [-0.39, 0.29) is 11.9 Å². The summed E-state index contributed by atoms with van der Waals surface area (Å²) in [6.07, 6.45) is 0. The number of hydrogen-bond acceptors (Lipinski definition) is 2. The van der Waals surface area contributed by atoms with Gasteiger partial charge in [0.15, 0.2) is 0 Å². The fourth-order valence-corrected chi connectivity index (χ4v) is 1.83. The van der Waals surface area contributed by atoms with Gasteiger partial charge < -0.3 is 10.1 Å². The Kier molecular flexibility index (Phi) is 3.82. The molecule has 0 radical (unpaired) electrons. The normalized spacial score (nSPS) is 11.9. The second kappa shape index (κ2) is 5.54. The van der Waals surface area contributed by atoms with E-state index in [1.54, 1.807) is 19.2 Å². The van der Waals surface area contributed by atoms with Crippen molar-refractivity contribution in [1.82, 2.24) is 0 Å². The largest absolute Gasteiger partial charge is 0.495 e. The van der Waals surface area contributed by atoms with Gasteiger partial charge in [0.25, 0.3) is 0 Å². The molecule has 0 aromatic heterocycles. The number of hydrogen-bond donors (Lipinski definition) is 1. The van der Waals surface area contributed by atoms with Crippen LogP contribution in [0.15, 0.2) is 48.5 Å². The van der Waals surface area contributed by atoms with E-state index in [2.05, 4.69) is 5.32 Å². The van der Waals surface area contributed by atoms with Crippen molar-refractivity contribution in [3.05, 3.63) is 59.9 Å². The Morgan fingerprint density at radius 2 is 1.72 bits per heavy atom. The minimum absolute atomic E-state index is 0.0851. The highest BCUT2D eigenvalue weighted by Crippen LogP contribution is 2.27. The van der Waals surface area contributed by atoms with E-state index in [0.29, 0.717) is 0 Å². The molecule has 0 heterocycles. The van der Waals surface area contributed by atoms with Crippen molar-refractivity contribution >= 4 is 5.69 Å². The minimum atomic E-state index is -0.219. The zero-order valence-electron chi connectivity index (χ0n) is 10.5. The first-order valence-electron chi connectivity index (χ1n) is 5.85. The minimum Gasteiger partial charge on any atom is -0.495 e. The van der Waals surface area contributed by atoms with Crippen LogP contribution in [-0.4, -0.2) is 7.11 Å². The first kappa shape index (κ1) is 12.4. The molecule has 0 spiro atoms. The zero-order chi connectivity index (χ0) is 13.0. The zero-order valence-corrected chi connectivity index (χ0v) is 10.5. The molecule has 0 aliphatic carbocycles. The summed E-state index contributed by atoms with van der Waals surface area (Å²) in [7, 11) is 1.64. The van der Waals surface area contributed by atoms with Crippen LogP contribution in [0.2, 0.25) is 0 Å². The molecule has 2 nitrogen and oxygen atoms in total. The molecular formula is C15H16FNO. The summed E-state index contributed by atoms with van der Waals surface area (Å²) in [4.78, 5) is 0. The summed E-state index contributed by atoms with van der Waals surface area (Å²) in [6.45, 7) is 2.03. The van der Waals surface area contributed by atoms with Gasteiger partial charge in [0.05, 0.1) is 12.8 Å². The van der Waals surface area contributed by atoms with Crippen LogP contribution >= 0.6 is 0 Å². The van der Waals surface area contributed by atoms with E-state index < -0.39 is 0 Å². The predicted octanol–water partition coefficient (Wildman–Crippen LogP) is 4.01. The van der Waals surface area contributed by atoms with E-state index in [1.165, 1.54) is 12.1 Å². The van der Waals surface area contributed by atoms with Crippen LogP contribution in [0.4, 0.5) is 10.1 Å². The van der Waals surface area contributed by atoms with Crippen LogP contribution in [0, 0.1) is 5.82 Å². The second-order valence-corrected chi connectivity index (χ2v) is 4.12. The van der Waals surface area contributed by atoms with Gasteiger partial charge in [-0.15, -0.1) is 0 Å². The summed E-state index contributed by atoms with van der Waals surface area (Å²) < 4.78 is 18.1. The summed E-state index contributed by atoms with van der Waals surface area (Å²) in [5, 5.41) is 3.35. The van der Waals surface area contributed by atoms with Crippen LogP contribution < -0.4 is 10.1 Å². The fraction of sp³-hybridized carbons (Fsp3) is 0.200. The molecule has 0 aliphatic rings. The molecule has 0 saturated heterocycles. The van der Waals surface area contributed by atoms with E-state index in [0.717, 1.165) is 17.0 Å². The number of methoxy groups -OCH3 is 1. The van der Waals surface area contributed by atoms with Gasteiger partial charge in [-0.2, -0.15) is 0 Å². The highest BCUT2D eigenvalue weighted by Gasteiger charge is 2.08. The standard InChI is InChI=1S/C15H16FNO/c1-11(12-7-9-13(16)10-8-12)17-14-5-3-4-6-15(14)18-2/h3-11,17H,1-2H3/t11-/m0/s1. The van der Waals surface area contributed by atoms with Gasteiger partial charge in [-0.1, -0.05) is 24.3 Å². The molecular weight excluding hydrogens is 229 g/mol. The molecule has 1 N–H and O–H groups in total. The number of benzene rings is 2. The molecule has 0 aliphatic heterocycles. The molecule has 18 heavy (non-hydrogen) atoms. The van der Waals surface area contributed by atoms with E-state index in [4.69, 9.17) is 4.74 Å². The molecule has 3 heteroatoms. The van der Waals surface area contributed by atoms with Crippen LogP contribution in [0.5, 0.6) is 5.75 Å². The number of ether oxygens (including phenoxy) is 1. The number of anilines is 1. The smallest absolute Gasteiger partial charge is 0.141 e.